The van der Waals surface area contributed by atoms with Gasteiger partial charge in [0, 0.05) is 31.4 Å². The van der Waals surface area contributed by atoms with E-state index in [-0.39, 0.29) is 11.5 Å². The highest BCUT2D eigenvalue weighted by Gasteiger charge is 2.09. The number of carbonyl (C=O) groups is 1. The molecule has 0 unspecified atom stereocenters. The number of amides is 1. The number of nitrogens with zero attached hydrogens (tertiary/aromatic N) is 1. The van der Waals surface area contributed by atoms with Crippen molar-refractivity contribution in [2.24, 2.45) is 7.05 Å². The van der Waals surface area contributed by atoms with E-state index < -0.39 is 0 Å². The molecule has 1 amide bonds. The van der Waals surface area contributed by atoms with Gasteiger partial charge in [0.05, 0.1) is 0 Å². The van der Waals surface area contributed by atoms with Crippen molar-refractivity contribution in [1.29, 1.82) is 0 Å². The maximum atomic E-state index is 12.1. The molecule has 0 radical (unpaired) electrons. The van der Waals surface area contributed by atoms with Gasteiger partial charge in [0.2, 0.25) is 0 Å². The normalized spacial score (nSPS) is 10.5. The molecule has 1 aromatic carbocycles. The number of pyridine rings is 1. The second kappa shape index (κ2) is 5.95. The molecule has 0 saturated heterocycles. The van der Waals surface area contributed by atoms with Crippen LogP contribution in [-0.2, 0) is 13.6 Å². The van der Waals surface area contributed by atoms with E-state index in [2.05, 4.69) is 24.4 Å². The van der Waals surface area contributed by atoms with E-state index in [1.165, 1.54) is 16.2 Å². The summed E-state index contributed by atoms with van der Waals surface area (Å²) in [5.74, 6) is -0.230. The van der Waals surface area contributed by atoms with Crippen molar-refractivity contribution >= 4 is 5.91 Å². The van der Waals surface area contributed by atoms with Crippen molar-refractivity contribution in [3.8, 4) is 0 Å². The number of hydrogen-bond acceptors (Lipinski definition) is 2. The summed E-state index contributed by atoms with van der Waals surface area (Å²) in [6.45, 7) is 6.60. The van der Waals surface area contributed by atoms with Crippen LogP contribution in [0.1, 0.15) is 32.6 Å². The Morgan fingerprint density at radius 2 is 1.76 bits per heavy atom. The molecule has 0 aliphatic heterocycles. The maximum Gasteiger partial charge on any atom is 0.251 e. The molecule has 2 aromatic rings. The molecule has 0 aliphatic rings. The van der Waals surface area contributed by atoms with Crippen molar-refractivity contribution in [3.05, 3.63) is 68.6 Å². The Balaban J connectivity index is 2.14. The van der Waals surface area contributed by atoms with Gasteiger partial charge in [-0.25, -0.2) is 0 Å². The predicted molar refractivity (Wildman–Crippen MR) is 83.5 cm³/mol. The van der Waals surface area contributed by atoms with Crippen LogP contribution in [0.3, 0.4) is 0 Å². The van der Waals surface area contributed by atoms with Crippen LogP contribution in [0.15, 0.2) is 35.3 Å². The summed E-state index contributed by atoms with van der Waals surface area (Å²) >= 11 is 0. The highest BCUT2D eigenvalue weighted by molar-refractivity contribution is 5.93. The fourth-order valence-corrected chi connectivity index (χ4v) is 2.45. The number of aryl methyl sites for hydroxylation is 4. The van der Waals surface area contributed by atoms with E-state index in [4.69, 9.17) is 0 Å². The molecule has 1 aromatic heterocycles. The highest BCUT2D eigenvalue weighted by Crippen LogP contribution is 2.16. The smallest absolute Gasteiger partial charge is 0.251 e. The van der Waals surface area contributed by atoms with E-state index in [9.17, 15) is 9.59 Å². The Bertz CT molecular complexity index is 722. The third-order valence-corrected chi connectivity index (χ3v) is 3.63. The van der Waals surface area contributed by atoms with E-state index in [0.29, 0.717) is 12.1 Å². The minimum Gasteiger partial charge on any atom is -0.348 e. The first kappa shape index (κ1) is 15.0. The first-order chi connectivity index (χ1) is 9.88. The molecule has 0 fully saturated rings. The quantitative estimate of drug-likeness (QED) is 0.939. The maximum absolute atomic E-state index is 12.1. The minimum atomic E-state index is -0.230. The first-order valence-electron chi connectivity index (χ1n) is 6.90. The van der Waals surface area contributed by atoms with Crippen molar-refractivity contribution in [2.45, 2.75) is 27.3 Å². The van der Waals surface area contributed by atoms with Crippen molar-refractivity contribution in [2.75, 3.05) is 0 Å². The average molecular weight is 284 g/mol. The Labute approximate surface area is 124 Å². The summed E-state index contributed by atoms with van der Waals surface area (Å²) in [7, 11) is 1.66. The predicted octanol–water partition coefficient (Wildman–Crippen LogP) is 2.24. The molecule has 0 aliphatic carbocycles. The number of rotatable bonds is 3. The summed E-state index contributed by atoms with van der Waals surface area (Å²) < 4.78 is 1.44. The molecule has 1 heterocycles. The topological polar surface area (TPSA) is 51.1 Å². The summed E-state index contributed by atoms with van der Waals surface area (Å²) in [4.78, 5) is 23.7. The molecule has 0 atom stereocenters. The Morgan fingerprint density at radius 3 is 2.33 bits per heavy atom. The van der Waals surface area contributed by atoms with Crippen LogP contribution in [-0.4, -0.2) is 10.5 Å². The third-order valence-electron chi connectivity index (χ3n) is 3.63. The fourth-order valence-electron chi connectivity index (χ4n) is 2.45. The van der Waals surface area contributed by atoms with E-state index in [0.717, 1.165) is 16.7 Å². The number of hydrogen-bond donors (Lipinski definition) is 1. The molecule has 1 N–H and O–H groups in total. The van der Waals surface area contributed by atoms with Gasteiger partial charge in [-0.05, 0) is 43.5 Å². The molecule has 4 heteroatoms. The van der Waals surface area contributed by atoms with E-state index >= 15 is 0 Å². The van der Waals surface area contributed by atoms with E-state index in [1.807, 2.05) is 13.8 Å². The van der Waals surface area contributed by atoms with Gasteiger partial charge in [-0.2, -0.15) is 0 Å². The zero-order valence-electron chi connectivity index (χ0n) is 12.9. The zero-order valence-corrected chi connectivity index (χ0v) is 12.9. The standard InChI is InChI=1S/C17H20N2O2/c1-11-7-12(2)15(13(3)8-11)10-18-17(21)14-5-6-19(4)16(20)9-14/h5-9H,10H2,1-4H3,(H,18,21). The Morgan fingerprint density at radius 1 is 1.14 bits per heavy atom. The lowest BCUT2D eigenvalue weighted by atomic mass is 10.00. The van der Waals surface area contributed by atoms with Crippen LogP contribution in [0.5, 0.6) is 0 Å². The Hall–Kier alpha value is -2.36. The van der Waals surface area contributed by atoms with Crippen LogP contribution < -0.4 is 10.9 Å². The van der Waals surface area contributed by atoms with Crippen LogP contribution in [0.4, 0.5) is 0 Å². The van der Waals surface area contributed by atoms with Gasteiger partial charge < -0.3 is 9.88 Å². The van der Waals surface area contributed by atoms with Crippen molar-refractivity contribution in [3.63, 3.8) is 0 Å². The molecule has 0 spiro atoms. The molecular weight excluding hydrogens is 264 g/mol. The van der Waals surface area contributed by atoms with Crippen molar-refractivity contribution < 1.29 is 4.79 Å². The summed E-state index contributed by atoms with van der Waals surface area (Å²) in [6, 6.07) is 7.20. The van der Waals surface area contributed by atoms with Crippen molar-refractivity contribution in [1.82, 2.24) is 9.88 Å². The van der Waals surface area contributed by atoms with E-state index in [1.54, 1.807) is 19.3 Å². The summed E-state index contributed by atoms with van der Waals surface area (Å²) in [5, 5.41) is 2.88. The van der Waals surface area contributed by atoms with Gasteiger partial charge in [-0.15, -0.1) is 0 Å². The molecule has 0 bridgehead atoms. The van der Waals surface area contributed by atoms with Gasteiger partial charge in [0.15, 0.2) is 0 Å². The third kappa shape index (κ3) is 3.40. The number of carbonyl (C=O) groups excluding carboxylic acids is 1. The summed E-state index contributed by atoms with van der Waals surface area (Å²) in [6.07, 6.45) is 1.60. The van der Waals surface area contributed by atoms with Gasteiger partial charge in [-0.1, -0.05) is 17.7 Å². The fraction of sp³-hybridized carbons (Fsp3) is 0.294. The zero-order chi connectivity index (χ0) is 15.6. The second-order valence-corrected chi connectivity index (χ2v) is 5.42. The largest absolute Gasteiger partial charge is 0.348 e. The average Bonchev–Trinajstić information content (AvgIpc) is 2.40. The lowest BCUT2D eigenvalue weighted by Crippen LogP contribution is -2.26. The minimum absolute atomic E-state index is 0.189. The summed E-state index contributed by atoms with van der Waals surface area (Å²) in [5.41, 5.74) is 4.86. The molecule has 2 rings (SSSR count). The number of nitrogens with one attached hydrogen (secondary N) is 1. The Kier molecular flexibility index (Phi) is 4.26. The van der Waals surface area contributed by atoms with Crippen LogP contribution >= 0.6 is 0 Å². The van der Waals surface area contributed by atoms with Crippen LogP contribution in [0.2, 0.25) is 0 Å². The SMILES string of the molecule is Cc1cc(C)c(CNC(=O)c2ccn(C)c(=O)c2)c(C)c1. The number of benzene rings is 1. The molecule has 0 saturated carbocycles. The van der Waals surface area contributed by atoms with Gasteiger partial charge in [0.25, 0.3) is 11.5 Å². The number of aromatic nitrogens is 1. The second-order valence-electron chi connectivity index (χ2n) is 5.42. The first-order valence-corrected chi connectivity index (χ1v) is 6.90. The molecular formula is C17H20N2O2. The molecule has 21 heavy (non-hydrogen) atoms. The highest BCUT2D eigenvalue weighted by atomic mass is 16.2. The van der Waals surface area contributed by atoms with Gasteiger partial charge in [-0.3, -0.25) is 9.59 Å². The molecule has 110 valence electrons. The molecule has 4 nitrogen and oxygen atoms in total. The van der Waals surface area contributed by atoms with Crippen LogP contribution in [0.25, 0.3) is 0 Å². The lowest BCUT2D eigenvalue weighted by molar-refractivity contribution is 0.0950. The lowest BCUT2D eigenvalue weighted by Gasteiger charge is -2.12. The monoisotopic (exact) mass is 284 g/mol. The van der Waals surface area contributed by atoms with Gasteiger partial charge in [0.1, 0.15) is 0 Å². The van der Waals surface area contributed by atoms with Crippen LogP contribution in [0, 0.1) is 20.8 Å². The van der Waals surface area contributed by atoms with Gasteiger partial charge >= 0.3 is 0 Å².